The molecule has 3 aromatic rings. The molecule has 4 nitrogen and oxygen atoms in total. The van der Waals surface area contributed by atoms with Crippen molar-refractivity contribution in [1.82, 2.24) is 9.55 Å². The third kappa shape index (κ3) is 2.26. The molecule has 0 unspecified atom stereocenters. The van der Waals surface area contributed by atoms with Crippen molar-refractivity contribution in [1.29, 1.82) is 0 Å². The number of hydrogen-bond acceptors (Lipinski definition) is 2. The number of carbonyl (C=O) groups is 1. The highest BCUT2D eigenvalue weighted by Crippen LogP contribution is 2.20. The van der Waals surface area contributed by atoms with Crippen LogP contribution in [-0.2, 0) is 6.54 Å². The molecule has 3 rings (SSSR count). The van der Waals surface area contributed by atoms with Crippen molar-refractivity contribution in [2.75, 3.05) is 0 Å². The number of aromatic nitrogens is 2. The fourth-order valence-electron chi connectivity index (χ4n) is 2.21. The Morgan fingerprint density at radius 1 is 1.20 bits per heavy atom. The number of para-hydroxylation sites is 1. The largest absolute Gasteiger partial charge is 0.478 e. The Bertz CT molecular complexity index is 778. The van der Waals surface area contributed by atoms with Gasteiger partial charge in [-0.15, -0.1) is 0 Å². The van der Waals surface area contributed by atoms with E-state index in [1.54, 1.807) is 24.5 Å². The van der Waals surface area contributed by atoms with Gasteiger partial charge >= 0.3 is 5.97 Å². The molecule has 0 saturated heterocycles. The zero-order valence-corrected chi connectivity index (χ0v) is 11.2. The Hall–Kier alpha value is -2.33. The second kappa shape index (κ2) is 4.98. The van der Waals surface area contributed by atoms with E-state index in [1.165, 1.54) is 0 Å². The Morgan fingerprint density at radius 2 is 1.95 bits per heavy atom. The number of imidazole rings is 1. The third-order valence-corrected chi connectivity index (χ3v) is 3.39. The maximum Gasteiger partial charge on any atom is 0.337 e. The topological polar surface area (TPSA) is 55.1 Å². The lowest BCUT2D eigenvalue weighted by Gasteiger charge is -2.06. The number of carboxylic acid groups (broad SMARTS) is 1. The van der Waals surface area contributed by atoms with Gasteiger partial charge < -0.3 is 9.67 Å². The zero-order chi connectivity index (χ0) is 14.1. The van der Waals surface area contributed by atoms with Crippen LogP contribution in [0.5, 0.6) is 0 Å². The van der Waals surface area contributed by atoms with E-state index in [0.29, 0.717) is 22.6 Å². The lowest BCUT2D eigenvalue weighted by atomic mass is 10.1. The number of nitrogens with zero attached hydrogens (tertiary/aromatic N) is 2. The fraction of sp³-hybridized carbons (Fsp3) is 0.0667. The van der Waals surface area contributed by atoms with Gasteiger partial charge in [0.2, 0.25) is 0 Å². The molecule has 0 atom stereocenters. The molecule has 0 aliphatic rings. The van der Waals surface area contributed by atoms with E-state index in [1.807, 2.05) is 28.8 Å². The number of halogens is 1. The number of fused-ring (bicyclic) bond motifs is 1. The molecule has 2 aromatic carbocycles. The van der Waals surface area contributed by atoms with E-state index < -0.39 is 5.97 Å². The maximum atomic E-state index is 11.3. The van der Waals surface area contributed by atoms with Gasteiger partial charge in [-0.1, -0.05) is 29.8 Å². The van der Waals surface area contributed by atoms with Crippen LogP contribution >= 0.6 is 11.6 Å². The van der Waals surface area contributed by atoms with Crippen molar-refractivity contribution in [3.63, 3.8) is 0 Å². The van der Waals surface area contributed by atoms with Crippen LogP contribution in [0.25, 0.3) is 11.0 Å². The summed E-state index contributed by atoms with van der Waals surface area (Å²) in [5.74, 6) is -0.951. The number of hydrogen-bond donors (Lipinski definition) is 1. The highest BCUT2D eigenvalue weighted by atomic mass is 35.5. The quantitative estimate of drug-likeness (QED) is 0.802. The molecule has 0 fully saturated rings. The number of rotatable bonds is 3. The molecule has 0 amide bonds. The van der Waals surface area contributed by atoms with Gasteiger partial charge in [0, 0.05) is 11.6 Å². The van der Waals surface area contributed by atoms with Crippen molar-refractivity contribution in [3.8, 4) is 0 Å². The van der Waals surface area contributed by atoms with Crippen LogP contribution in [0.15, 0.2) is 48.8 Å². The third-order valence-electron chi connectivity index (χ3n) is 3.13. The minimum atomic E-state index is -0.951. The van der Waals surface area contributed by atoms with Gasteiger partial charge in [-0.05, 0) is 29.8 Å². The summed E-state index contributed by atoms with van der Waals surface area (Å²) < 4.78 is 1.84. The van der Waals surface area contributed by atoms with E-state index in [4.69, 9.17) is 11.6 Å². The molecule has 5 heteroatoms. The van der Waals surface area contributed by atoms with Crippen molar-refractivity contribution < 1.29 is 9.90 Å². The predicted molar refractivity (Wildman–Crippen MR) is 77.2 cm³/mol. The average molecular weight is 287 g/mol. The van der Waals surface area contributed by atoms with Gasteiger partial charge in [0.25, 0.3) is 0 Å². The summed E-state index contributed by atoms with van der Waals surface area (Å²) in [6.45, 7) is 0.554. The minimum Gasteiger partial charge on any atom is -0.478 e. The second-order valence-corrected chi connectivity index (χ2v) is 4.91. The second-order valence-electron chi connectivity index (χ2n) is 4.48. The lowest BCUT2D eigenvalue weighted by molar-refractivity contribution is 0.0698. The molecule has 0 saturated carbocycles. The first kappa shape index (κ1) is 12.7. The molecule has 100 valence electrons. The smallest absolute Gasteiger partial charge is 0.337 e. The molecule has 0 radical (unpaired) electrons. The van der Waals surface area contributed by atoms with Crippen LogP contribution in [0.3, 0.4) is 0 Å². The van der Waals surface area contributed by atoms with Gasteiger partial charge in [-0.2, -0.15) is 0 Å². The van der Waals surface area contributed by atoms with E-state index >= 15 is 0 Å². The number of aromatic carboxylic acids is 1. The monoisotopic (exact) mass is 286 g/mol. The van der Waals surface area contributed by atoms with Crippen molar-refractivity contribution in [2.45, 2.75) is 6.54 Å². The van der Waals surface area contributed by atoms with E-state index in [0.717, 1.165) is 5.56 Å². The fourth-order valence-corrected chi connectivity index (χ4v) is 2.33. The average Bonchev–Trinajstić information content (AvgIpc) is 2.84. The summed E-state index contributed by atoms with van der Waals surface area (Å²) in [4.78, 5) is 15.6. The van der Waals surface area contributed by atoms with E-state index in [2.05, 4.69) is 4.98 Å². The highest BCUT2D eigenvalue weighted by molar-refractivity contribution is 6.30. The molecule has 0 spiro atoms. The summed E-state index contributed by atoms with van der Waals surface area (Å²) >= 11 is 5.86. The van der Waals surface area contributed by atoms with Crippen molar-refractivity contribution in [2.24, 2.45) is 0 Å². The van der Waals surface area contributed by atoms with Crippen LogP contribution < -0.4 is 0 Å². The molecule has 0 bridgehead atoms. The summed E-state index contributed by atoms with van der Waals surface area (Å²) in [5, 5.41) is 9.95. The van der Waals surface area contributed by atoms with Crippen molar-refractivity contribution >= 4 is 28.6 Å². The maximum absolute atomic E-state index is 11.3. The lowest BCUT2D eigenvalue weighted by Crippen LogP contribution is -2.04. The van der Waals surface area contributed by atoms with Gasteiger partial charge in [0.15, 0.2) is 0 Å². The van der Waals surface area contributed by atoms with Crippen LogP contribution in [0.4, 0.5) is 0 Å². The van der Waals surface area contributed by atoms with Gasteiger partial charge in [0.05, 0.1) is 22.9 Å². The number of benzene rings is 2. The molecule has 20 heavy (non-hydrogen) atoms. The van der Waals surface area contributed by atoms with Gasteiger partial charge in [0.1, 0.15) is 0 Å². The Balaban J connectivity index is 2.07. The molecule has 1 heterocycles. The summed E-state index contributed by atoms with van der Waals surface area (Å²) in [5.41, 5.74) is 2.61. The van der Waals surface area contributed by atoms with Crippen LogP contribution in [-0.4, -0.2) is 20.6 Å². The molecule has 1 N–H and O–H groups in total. The summed E-state index contributed by atoms with van der Waals surface area (Å²) in [7, 11) is 0. The van der Waals surface area contributed by atoms with Crippen LogP contribution in [0, 0.1) is 0 Å². The summed E-state index contributed by atoms with van der Waals surface area (Å²) in [6, 6.07) is 12.5. The van der Waals surface area contributed by atoms with Gasteiger partial charge in [-0.25, -0.2) is 9.78 Å². The normalized spacial score (nSPS) is 10.8. The Labute approximate surface area is 120 Å². The highest BCUT2D eigenvalue weighted by Gasteiger charge is 2.13. The summed E-state index contributed by atoms with van der Waals surface area (Å²) in [6.07, 6.45) is 1.66. The molecular formula is C15H11ClN2O2. The predicted octanol–water partition coefficient (Wildman–Crippen LogP) is 3.44. The van der Waals surface area contributed by atoms with E-state index in [9.17, 15) is 9.90 Å². The van der Waals surface area contributed by atoms with Crippen LogP contribution in [0.2, 0.25) is 5.02 Å². The first-order valence-corrected chi connectivity index (χ1v) is 6.44. The standard InChI is InChI=1S/C15H11ClN2O2/c16-11-6-4-10(5-7-11)8-18-9-17-13-3-1-2-12(14(13)18)15(19)20/h1-7,9H,8H2,(H,19,20). The molecule has 1 aromatic heterocycles. The molecule has 0 aliphatic carbocycles. The van der Waals surface area contributed by atoms with Crippen LogP contribution in [0.1, 0.15) is 15.9 Å². The Kier molecular flexibility index (Phi) is 3.16. The molecule has 0 aliphatic heterocycles. The van der Waals surface area contributed by atoms with E-state index in [-0.39, 0.29) is 5.56 Å². The van der Waals surface area contributed by atoms with Crippen molar-refractivity contribution in [3.05, 3.63) is 64.9 Å². The SMILES string of the molecule is O=C(O)c1cccc2ncn(Cc3ccc(Cl)cc3)c12. The molecular weight excluding hydrogens is 276 g/mol. The first-order chi connectivity index (χ1) is 9.65. The van der Waals surface area contributed by atoms with Gasteiger partial charge in [-0.3, -0.25) is 0 Å². The Morgan fingerprint density at radius 3 is 2.65 bits per heavy atom. The zero-order valence-electron chi connectivity index (χ0n) is 10.5. The number of carboxylic acids is 1. The minimum absolute atomic E-state index is 0.258. The first-order valence-electron chi connectivity index (χ1n) is 6.07.